The van der Waals surface area contributed by atoms with E-state index in [1.54, 1.807) is 29.0 Å². The van der Waals surface area contributed by atoms with Crippen molar-refractivity contribution >= 4 is 28.4 Å². The van der Waals surface area contributed by atoms with Crippen LogP contribution in [0.5, 0.6) is 0 Å². The van der Waals surface area contributed by atoms with Crippen molar-refractivity contribution in [2.24, 2.45) is 5.92 Å². The van der Waals surface area contributed by atoms with Gasteiger partial charge in [0.05, 0.1) is 22.3 Å². The Morgan fingerprint density at radius 1 is 1.25 bits per heavy atom. The first-order valence-electron chi connectivity index (χ1n) is 7.85. The zero-order valence-electron chi connectivity index (χ0n) is 13.7. The minimum atomic E-state index is -0.0517. The molecule has 24 heavy (non-hydrogen) atoms. The average Bonchev–Trinajstić information content (AvgIpc) is 3.10. The van der Waals surface area contributed by atoms with Gasteiger partial charge < -0.3 is 4.98 Å². The van der Waals surface area contributed by atoms with Gasteiger partial charge in [0, 0.05) is 12.7 Å². The molecule has 0 aliphatic rings. The minimum absolute atomic E-state index is 0.0106. The zero-order valence-corrected chi connectivity index (χ0v) is 14.5. The summed E-state index contributed by atoms with van der Waals surface area (Å²) in [4.78, 5) is 32.5. The molecule has 1 aromatic carbocycles. The van der Waals surface area contributed by atoms with E-state index in [9.17, 15) is 9.59 Å². The molecule has 3 aromatic rings. The third-order valence-corrected chi connectivity index (χ3v) is 4.58. The number of hydrogen-bond donors (Lipinski definition) is 1. The van der Waals surface area contributed by atoms with E-state index in [0.29, 0.717) is 34.2 Å². The van der Waals surface area contributed by atoms with E-state index in [0.717, 1.165) is 0 Å². The van der Waals surface area contributed by atoms with Crippen molar-refractivity contribution < 1.29 is 4.79 Å². The van der Waals surface area contributed by atoms with Gasteiger partial charge in [-0.1, -0.05) is 37.7 Å². The van der Waals surface area contributed by atoms with E-state index in [-0.39, 0.29) is 17.1 Å². The SMILES string of the molecule is CC(C)Cn1c(SCC(=O)c2ccc[nH]2)nc2ccccc2c1=O. The molecule has 0 bridgehead atoms. The maximum atomic E-state index is 12.8. The lowest BCUT2D eigenvalue weighted by molar-refractivity contribution is 0.101. The van der Waals surface area contributed by atoms with Gasteiger partial charge >= 0.3 is 0 Å². The molecule has 2 heterocycles. The van der Waals surface area contributed by atoms with Crippen LogP contribution in [0.25, 0.3) is 10.9 Å². The second-order valence-corrected chi connectivity index (χ2v) is 6.96. The summed E-state index contributed by atoms with van der Waals surface area (Å²) in [6.07, 6.45) is 1.72. The topological polar surface area (TPSA) is 67.8 Å². The summed E-state index contributed by atoms with van der Waals surface area (Å²) in [6, 6.07) is 10.9. The Labute approximate surface area is 144 Å². The lowest BCUT2D eigenvalue weighted by atomic mass is 10.2. The Hall–Kier alpha value is -2.34. The number of rotatable bonds is 6. The van der Waals surface area contributed by atoms with Crippen molar-refractivity contribution in [2.45, 2.75) is 25.5 Å². The fraction of sp³-hybridized carbons (Fsp3) is 0.278. The number of Topliss-reactive ketones (excluding diaryl/α,β-unsaturated/α-hetero) is 1. The number of nitrogens with zero attached hydrogens (tertiary/aromatic N) is 2. The van der Waals surface area contributed by atoms with E-state index < -0.39 is 0 Å². The lowest BCUT2D eigenvalue weighted by Gasteiger charge is -2.14. The highest BCUT2D eigenvalue weighted by molar-refractivity contribution is 7.99. The molecule has 0 aliphatic heterocycles. The highest BCUT2D eigenvalue weighted by Crippen LogP contribution is 2.20. The number of H-pyrrole nitrogens is 1. The van der Waals surface area contributed by atoms with Gasteiger partial charge in [0.1, 0.15) is 0 Å². The number of benzene rings is 1. The van der Waals surface area contributed by atoms with Crippen LogP contribution < -0.4 is 5.56 Å². The van der Waals surface area contributed by atoms with Crippen molar-refractivity contribution in [3.63, 3.8) is 0 Å². The molecular formula is C18H19N3O2S. The van der Waals surface area contributed by atoms with E-state index in [1.807, 2.05) is 18.2 Å². The molecule has 0 radical (unpaired) electrons. The summed E-state index contributed by atoms with van der Waals surface area (Å²) in [7, 11) is 0. The van der Waals surface area contributed by atoms with Gasteiger partial charge in [-0.05, 0) is 30.2 Å². The molecule has 124 valence electrons. The predicted molar refractivity (Wildman–Crippen MR) is 96.7 cm³/mol. The van der Waals surface area contributed by atoms with Crippen LogP contribution >= 0.6 is 11.8 Å². The van der Waals surface area contributed by atoms with Gasteiger partial charge in [0.25, 0.3) is 5.56 Å². The molecule has 3 rings (SSSR count). The molecule has 0 spiro atoms. The summed E-state index contributed by atoms with van der Waals surface area (Å²) in [6.45, 7) is 4.69. The first-order valence-corrected chi connectivity index (χ1v) is 8.84. The van der Waals surface area contributed by atoms with Crippen LogP contribution in [0.4, 0.5) is 0 Å². The second kappa shape index (κ2) is 7.05. The highest BCUT2D eigenvalue weighted by Gasteiger charge is 2.15. The van der Waals surface area contributed by atoms with Gasteiger partial charge in [-0.2, -0.15) is 0 Å². The Bertz CT molecular complexity index is 914. The maximum Gasteiger partial charge on any atom is 0.262 e. The number of aromatic amines is 1. The number of carbonyl (C=O) groups is 1. The van der Waals surface area contributed by atoms with Crippen molar-refractivity contribution in [3.05, 3.63) is 58.6 Å². The predicted octanol–water partition coefficient (Wildman–Crippen LogP) is 3.36. The first kappa shape index (κ1) is 16.5. The fourth-order valence-corrected chi connectivity index (χ4v) is 3.39. The first-order chi connectivity index (χ1) is 11.6. The number of para-hydroxylation sites is 1. The fourth-order valence-electron chi connectivity index (χ4n) is 2.50. The Morgan fingerprint density at radius 3 is 2.75 bits per heavy atom. The maximum absolute atomic E-state index is 12.8. The Kier molecular flexibility index (Phi) is 4.85. The van der Waals surface area contributed by atoms with E-state index in [1.165, 1.54) is 11.8 Å². The van der Waals surface area contributed by atoms with Gasteiger partial charge in [-0.25, -0.2) is 4.98 Å². The molecule has 0 atom stereocenters. The smallest absolute Gasteiger partial charge is 0.262 e. The van der Waals surface area contributed by atoms with Crippen molar-refractivity contribution in [3.8, 4) is 0 Å². The zero-order chi connectivity index (χ0) is 17.1. The molecule has 0 aliphatic carbocycles. The molecule has 0 saturated carbocycles. The number of carbonyl (C=O) groups excluding carboxylic acids is 1. The van der Waals surface area contributed by atoms with Gasteiger partial charge in [0.2, 0.25) is 0 Å². The van der Waals surface area contributed by atoms with E-state index >= 15 is 0 Å². The van der Waals surface area contributed by atoms with Gasteiger partial charge in [0.15, 0.2) is 10.9 Å². The molecular weight excluding hydrogens is 322 g/mol. The van der Waals surface area contributed by atoms with Crippen LogP contribution in [0.1, 0.15) is 24.3 Å². The molecule has 6 heteroatoms. The molecule has 0 amide bonds. The van der Waals surface area contributed by atoms with Crippen LogP contribution in [0.2, 0.25) is 0 Å². The standard InChI is InChI=1S/C18H19N3O2S/c1-12(2)10-21-17(23)13-6-3-4-7-14(13)20-18(21)24-11-16(22)15-8-5-9-19-15/h3-9,12,19H,10-11H2,1-2H3. The Morgan fingerprint density at radius 2 is 2.04 bits per heavy atom. The second-order valence-electron chi connectivity index (χ2n) is 6.02. The van der Waals surface area contributed by atoms with Crippen LogP contribution in [-0.4, -0.2) is 26.1 Å². The number of aromatic nitrogens is 3. The van der Waals surface area contributed by atoms with Crippen LogP contribution in [0.3, 0.4) is 0 Å². The molecule has 2 aromatic heterocycles. The number of thioether (sulfide) groups is 1. The summed E-state index contributed by atoms with van der Waals surface area (Å²) in [5.74, 6) is 0.538. The van der Waals surface area contributed by atoms with Crippen molar-refractivity contribution in [1.82, 2.24) is 14.5 Å². The van der Waals surface area contributed by atoms with E-state index in [2.05, 4.69) is 23.8 Å². The van der Waals surface area contributed by atoms with E-state index in [4.69, 9.17) is 0 Å². The summed E-state index contributed by atoms with van der Waals surface area (Å²) < 4.78 is 1.68. The van der Waals surface area contributed by atoms with Crippen molar-refractivity contribution in [2.75, 3.05) is 5.75 Å². The molecule has 1 N–H and O–H groups in total. The third-order valence-electron chi connectivity index (χ3n) is 3.61. The number of hydrogen-bond acceptors (Lipinski definition) is 4. The average molecular weight is 341 g/mol. The molecule has 5 nitrogen and oxygen atoms in total. The van der Waals surface area contributed by atoms with Crippen LogP contribution in [-0.2, 0) is 6.54 Å². The normalized spacial score (nSPS) is 11.3. The quantitative estimate of drug-likeness (QED) is 0.424. The monoisotopic (exact) mass is 341 g/mol. The third kappa shape index (κ3) is 3.43. The lowest BCUT2D eigenvalue weighted by Crippen LogP contribution is -2.25. The van der Waals surface area contributed by atoms with Gasteiger partial charge in [-0.3, -0.25) is 14.2 Å². The molecule has 0 fully saturated rings. The Balaban J connectivity index is 1.95. The van der Waals surface area contributed by atoms with Crippen LogP contribution in [0.15, 0.2) is 52.5 Å². The molecule has 0 unspecified atom stereocenters. The minimum Gasteiger partial charge on any atom is -0.359 e. The van der Waals surface area contributed by atoms with Crippen LogP contribution in [0, 0.1) is 5.92 Å². The molecule has 0 saturated heterocycles. The van der Waals surface area contributed by atoms with Gasteiger partial charge in [-0.15, -0.1) is 0 Å². The summed E-state index contributed by atoms with van der Waals surface area (Å²) >= 11 is 1.31. The summed E-state index contributed by atoms with van der Waals surface area (Å²) in [5, 5.41) is 1.20. The number of nitrogens with one attached hydrogen (secondary N) is 1. The highest BCUT2D eigenvalue weighted by atomic mass is 32.2. The number of fused-ring (bicyclic) bond motifs is 1. The summed E-state index contributed by atoms with van der Waals surface area (Å²) in [5.41, 5.74) is 1.18. The van der Waals surface area contributed by atoms with Crippen molar-refractivity contribution in [1.29, 1.82) is 0 Å². The largest absolute Gasteiger partial charge is 0.359 e. The number of ketones is 1.